The summed E-state index contributed by atoms with van der Waals surface area (Å²) in [5, 5.41) is 8.67. The van der Waals surface area contributed by atoms with Gasteiger partial charge >= 0.3 is 6.18 Å². The van der Waals surface area contributed by atoms with Gasteiger partial charge in [0.15, 0.2) is 0 Å². The first-order valence-electron chi connectivity index (χ1n) is 4.42. The Hall–Kier alpha value is -0.850. The topological polar surface area (TPSA) is 59.1 Å². The fourth-order valence-electron chi connectivity index (χ4n) is 1.14. The maximum absolute atomic E-state index is 12.4. The molecule has 7 heteroatoms. The Balaban J connectivity index is 3.00. The van der Waals surface area contributed by atoms with Gasteiger partial charge in [-0.2, -0.15) is 13.2 Å². The monoisotopic (exact) mass is 254 g/mol. The van der Waals surface area contributed by atoms with Crippen LogP contribution in [-0.2, 0) is 12.6 Å². The van der Waals surface area contributed by atoms with Gasteiger partial charge in [0.05, 0.1) is 12.2 Å². The standard InChI is InChI=1S/C9H10ClF3N2O/c10-8-5(2-7(14)4-16)1-6(3-15-8)9(11,12)13/h1,3,7,16H,2,4,14H2. The lowest BCUT2D eigenvalue weighted by Gasteiger charge is -2.12. The number of pyridine rings is 1. The lowest BCUT2D eigenvalue weighted by Crippen LogP contribution is -2.27. The Morgan fingerprint density at radius 1 is 1.50 bits per heavy atom. The molecule has 0 aliphatic carbocycles. The Bertz CT molecular complexity index is 370. The molecule has 0 fully saturated rings. The van der Waals surface area contributed by atoms with Crippen LogP contribution in [0.4, 0.5) is 13.2 Å². The average molecular weight is 255 g/mol. The molecular weight excluding hydrogens is 245 g/mol. The van der Waals surface area contributed by atoms with E-state index in [9.17, 15) is 13.2 Å². The first kappa shape index (κ1) is 13.2. The van der Waals surface area contributed by atoms with Gasteiger partial charge in [-0.25, -0.2) is 4.98 Å². The van der Waals surface area contributed by atoms with Gasteiger partial charge in [-0.05, 0) is 18.1 Å². The molecule has 90 valence electrons. The molecule has 1 atom stereocenters. The number of aliphatic hydroxyl groups excluding tert-OH is 1. The second-order valence-electron chi connectivity index (χ2n) is 3.32. The first-order valence-corrected chi connectivity index (χ1v) is 4.80. The van der Waals surface area contributed by atoms with E-state index in [0.717, 1.165) is 6.07 Å². The summed E-state index contributed by atoms with van der Waals surface area (Å²) >= 11 is 5.63. The van der Waals surface area contributed by atoms with Crippen LogP contribution < -0.4 is 5.73 Å². The van der Waals surface area contributed by atoms with Crippen molar-refractivity contribution < 1.29 is 18.3 Å². The summed E-state index contributed by atoms with van der Waals surface area (Å²) in [4.78, 5) is 3.44. The molecule has 3 nitrogen and oxygen atoms in total. The van der Waals surface area contributed by atoms with E-state index in [4.69, 9.17) is 22.4 Å². The summed E-state index contributed by atoms with van der Waals surface area (Å²) in [5.41, 5.74) is 4.72. The highest BCUT2D eigenvalue weighted by Gasteiger charge is 2.31. The smallest absolute Gasteiger partial charge is 0.395 e. The summed E-state index contributed by atoms with van der Waals surface area (Å²) in [7, 11) is 0. The van der Waals surface area contributed by atoms with Gasteiger partial charge in [0, 0.05) is 12.2 Å². The number of alkyl halides is 3. The number of halogens is 4. The van der Waals surface area contributed by atoms with E-state index >= 15 is 0 Å². The molecule has 3 N–H and O–H groups in total. The number of nitrogens with two attached hydrogens (primary N) is 1. The van der Waals surface area contributed by atoms with Crippen molar-refractivity contribution in [3.8, 4) is 0 Å². The van der Waals surface area contributed by atoms with Gasteiger partial charge < -0.3 is 10.8 Å². The molecule has 0 aliphatic rings. The van der Waals surface area contributed by atoms with Gasteiger partial charge in [-0.15, -0.1) is 0 Å². The molecule has 1 unspecified atom stereocenters. The number of aromatic nitrogens is 1. The van der Waals surface area contributed by atoms with Crippen LogP contribution in [-0.4, -0.2) is 22.7 Å². The Labute approximate surface area is 95.0 Å². The minimum atomic E-state index is -4.46. The molecule has 0 amide bonds. The minimum absolute atomic E-state index is 0.0306. The zero-order valence-electron chi connectivity index (χ0n) is 8.13. The van der Waals surface area contributed by atoms with Crippen LogP contribution >= 0.6 is 11.6 Å². The second-order valence-corrected chi connectivity index (χ2v) is 3.68. The molecule has 0 aliphatic heterocycles. The maximum atomic E-state index is 12.4. The maximum Gasteiger partial charge on any atom is 0.417 e. The van der Waals surface area contributed by atoms with Crippen molar-refractivity contribution in [3.05, 3.63) is 28.5 Å². The van der Waals surface area contributed by atoms with E-state index in [1.165, 1.54) is 0 Å². The fourth-order valence-corrected chi connectivity index (χ4v) is 1.32. The highest BCUT2D eigenvalue weighted by atomic mass is 35.5. The predicted octanol–water partition coefficient (Wildman–Crippen LogP) is 1.62. The molecule has 0 aromatic carbocycles. The summed E-state index contributed by atoms with van der Waals surface area (Å²) in [5.74, 6) is 0. The number of hydrogen-bond donors (Lipinski definition) is 2. The Kier molecular flexibility index (Phi) is 4.12. The van der Waals surface area contributed by atoms with Crippen LogP contribution in [0.15, 0.2) is 12.3 Å². The van der Waals surface area contributed by atoms with Crippen molar-refractivity contribution in [2.75, 3.05) is 6.61 Å². The molecule has 0 spiro atoms. The van der Waals surface area contributed by atoms with E-state index < -0.39 is 17.8 Å². The third-order valence-electron chi connectivity index (χ3n) is 1.96. The van der Waals surface area contributed by atoms with Gasteiger partial charge in [-0.3, -0.25) is 0 Å². The molecule has 0 bridgehead atoms. The number of rotatable bonds is 3. The summed E-state index contributed by atoms with van der Waals surface area (Å²) in [6, 6.07) is 0.244. The molecule has 1 aromatic heterocycles. The zero-order chi connectivity index (χ0) is 12.3. The quantitative estimate of drug-likeness (QED) is 0.806. The van der Waals surface area contributed by atoms with E-state index in [-0.39, 0.29) is 23.7 Å². The van der Waals surface area contributed by atoms with E-state index in [1.807, 2.05) is 0 Å². The van der Waals surface area contributed by atoms with Gasteiger partial charge in [0.1, 0.15) is 5.15 Å². The SMILES string of the molecule is NC(CO)Cc1cc(C(F)(F)F)cnc1Cl. The van der Waals surface area contributed by atoms with Crippen molar-refractivity contribution in [1.29, 1.82) is 0 Å². The molecule has 16 heavy (non-hydrogen) atoms. The van der Waals surface area contributed by atoms with Crippen molar-refractivity contribution >= 4 is 11.6 Å². The Morgan fingerprint density at radius 3 is 2.62 bits per heavy atom. The van der Waals surface area contributed by atoms with Crippen molar-refractivity contribution in [2.45, 2.75) is 18.6 Å². The number of nitrogens with zero attached hydrogens (tertiary/aromatic N) is 1. The zero-order valence-corrected chi connectivity index (χ0v) is 8.89. The fraction of sp³-hybridized carbons (Fsp3) is 0.444. The van der Waals surface area contributed by atoms with E-state index in [2.05, 4.69) is 4.98 Å². The highest BCUT2D eigenvalue weighted by molar-refractivity contribution is 6.30. The van der Waals surface area contributed by atoms with E-state index in [1.54, 1.807) is 0 Å². The predicted molar refractivity (Wildman–Crippen MR) is 53.0 cm³/mol. The van der Waals surface area contributed by atoms with Crippen molar-refractivity contribution in [1.82, 2.24) is 4.98 Å². The first-order chi connectivity index (χ1) is 7.34. The molecule has 0 saturated carbocycles. The summed E-state index contributed by atoms with van der Waals surface area (Å²) in [6.07, 6.45) is -3.75. The van der Waals surface area contributed by atoms with Crippen LogP contribution in [0.25, 0.3) is 0 Å². The van der Waals surface area contributed by atoms with Crippen LogP contribution in [0.3, 0.4) is 0 Å². The van der Waals surface area contributed by atoms with Crippen LogP contribution in [0.1, 0.15) is 11.1 Å². The molecule has 1 heterocycles. The molecule has 1 aromatic rings. The number of aliphatic hydroxyl groups is 1. The van der Waals surface area contributed by atoms with Gasteiger partial charge in [-0.1, -0.05) is 11.6 Å². The van der Waals surface area contributed by atoms with Crippen molar-refractivity contribution in [2.24, 2.45) is 5.73 Å². The lowest BCUT2D eigenvalue weighted by atomic mass is 10.1. The van der Waals surface area contributed by atoms with Crippen LogP contribution in [0, 0.1) is 0 Å². The van der Waals surface area contributed by atoms with Gasteiger partial charge in [0.2, 0.25) is 0 Å². The van der Waals surface area contributed by atoms with Crippen LogP contribution in [0.5, 0.6) is 0 Å². The Morgan fingerprint density at radius 2 is 2.12 bits per heavy atom. The second kappa shape index (κ2) is 4.99. The van der Waals surface area contributed by atoms with Crippen LogP contribution in [0.2, 0.25) is 5.15 Å². The van der Waals surface area contributed by atoms with Gasteiger partial charge in [0.25, 0.3) is 0 Å². The molecule has 1 rings (SSSR count). The highest BCUT2D eigenvalue weighted by Crippen LogP contribution is 2.30. The normalized spacial score (nSPS) is 13.9. The molecular formula is C9H10ClF3N2O. The third kappa shape index (κ3) is 3.33. The van der Waals surface area contributed by atoms with E-state index in [0.29, 0.717) is 6.20 Å². The molecule has 0 saturated heterocycles. The average Bonchev–Trinajstić information content (AvgIpc) is 2.19. The van der Waals surface area contributed by atoms with Crippen molar-refractivity contribution in [3.63, 3.8) is 0 Å². The number of hydrogen-bond acceptors (Lipinski definition) is 3. The minimum Gasteiger partial charge on any atom is -0.395 e. The molecule has 0 radical (unpaired) electrons. The summed E-state index contributed by atoms with van der Waals surface area (Å²) in [6.45, 7) is -0.327. The largest absolute Gasteiger partial charge is 0.417 e. The summed E-state index contributed by atoms with van der Waals surface area (Å²) < 4.78 is 37.1. The lowest BCUT2D eigenvalue weighted by molar-refractivity contribution is -0.137. The third-order valence-corrected chi connectivity index (χ3v) is 2.30.